The Morgan fingerprint density at radius 2 is 1.68 bits per heavy atom. The summed E-state index contributed by atoms with van der Waals surface area (Å²) < 4.78 is 22.5. The van der Waals surface area contributed by atoms with Crippen LogP contribution in [0.3, 0.4) is 0 Å². The lowest BCUT2D eigenvalue weighted by molar-refractivity contribution is 0.0992. The first kappa shape index (κ1) is 16.7. The van der Waals surface area contributed by atoms with Gasteiger partial charge in [-0.3, -0.25) is 9.36 Å². The molecule has 0 radical (unpaired) electrons. The smallest absolute Gasteiger partial charge is 0.308 e. The number of halogens is 2. The van der Waals surface area contributed by atoms with Crippen molar-refractivity contribution >= 4 is 36.6 Å². The van der Waals surface area contributed by atoms with Crippen LogP contribution in [0.2, 0.25) is 5.02 Å². The molecule has 0 aromatic heterocycles. The fourth-order valence-electron chi connectivity index (χ4n) is 1.42. The Kier molecular flexibility index (Phi) is 6.51. The molecule has 0 amide bonds. The summed E-state index contributed by atoms with van der Waals surface area (Å²) in [5.41, 5.74) is 0.309. The highest BCUT2D eigenvalue weighted by molar-refractivity contribution is 7.58. The molecule has 1 aromatic rings. The van der Waals surface area contributed by atoms with Crippen LogP contribution in [0.15, 0.2) is 24.3 Å². The summed E-state index contributed by atoms with van der Waals surface area (Å²) in [5, 5.41) is -0.867. The summed E-state index contributed by atoms with van der Waals surface area (Å²) in [6.07, 6.45) is 0. The van der Waals surface area contributed by atoms with Gasteiger partial charge >= 0.3 is 7.60 Å². The van der Waals surface area contributed by atoms with Crippen molar-refractivity contribution in [2.45, 2.75) is 19.0 Å². The Morgan fingerprint density at radius 1 is 1.21 bits per heavy atom. The second-order valence-electron chi connectivity index (χ2n) is 3.58. The number of carbonyl (C=O) groups excluding carboxylic acids is 1. The van der Waals surface area contributed by atoms with Crippen LogP contribution in [-0.2, 0) is 13.6 Å². The number of hydrogen-bond donors (Lipinski definition) is 0. The van der Waals surface area contributed by atoms with Gasteiger partial charge in [-0.1, -0.05) is 11.6 Å². The van der Waals surface area contributed by atoms with Crippen molar-refractivity contribution in [2.75, 3.05) is 13.2 Å². The first-order valence-electron chi connectivity index (χ1n) is 5.77. The Balaban J connectivity index is 2.96. The molecule has 1 aromatic carbocycles. The van der Waals surface area contributed by atoms with E-state index in [-0.39, 0.29) is 13.2 Å². The molecule has 0 fully saturated rings. The summed E-state index contributed by atoms with van der Waals surface area (Å²) in [7, 11) is -3.66. The number of benzene rings is 1. The van der Waals surface area contributed by atoms with Gasteiger partial charge in [-0.05, 0) is 38.1 Å². The highest BCUT2D eigenvalue weighted by Crippen LogP contribution is 2.55. The van der Waals surface area contributed by atoms with Crippen molar-refractivity contribution in [3.8, 4) is 0 Å². The van der Waals surface area contributed by atoms with E-state index in [1.807, 2.05) is 0 Å². The average molecular weight is 325 g/mol. The Morgan fingerprint density at radius 3 is 2.11 bits per heavy atom. The Bertz CT molecular complexity index is 465. The standard InChI is InChI=1S/C12H15Cl2O4P/c1-3-17-19(16,18-4-2)12(14)11(15)9-5-7-10(13)8-6-9/h5-8,12H,3-4H2,1-2H3/t12-/m0/s1. The third-order valence-corrected chi connectivity index (χ3v) is 5.43. The summed E-state index contributed by atoms with van der Waals surface area (Å²) >= 11 is 11.7. The number of rotatable bonds is 7. The van der Waals surface area contributed by atoms with Crippen molar-refractivity contribution in [2.24, 2.45) is 0 Å². The number of alkyl halides is 1. The topological polar surface area (TPSA) is 52.6 Å². The molecule has 0 aliphatic rings. The number of ketones is 1. The molecule has 1 atom stereocenters. The monoisotopic (exact) mass is 324 g/mol. The lowest BCUT2D eigenvalue weighted by Gasteiger charge is -2.20. The van der Waals surface area contributed by atoms with Crippen LogP contribution in [-0.4, -0.2) is 24.1 Å². The zero-order chi connectivity index (χ0) is 14.5. The van der Waals surface area contributed by atoms with Crippen LogP contribution in [0.4, 0.5) is 0 Å². The van der Waals surface area contributed by atoms with Crippen molar-refractivity contribution in [1.82, 2.24) is 0 Å². The van der Waals surface area contributed by atoms with Gasteiger partial charge in [-0.2, -0.15) is 0 Å². The molecule has 7 heteroatoms. The third kappa shape index (κ3) is 4.30. The highest BCUT2D eigenvalue weighted by Gasteiger charge is 2.39. The van der Waals surface area contributed by atoms with Gasteiger partial charge in [-0.15, -0.1) is 11.6 Å². The predicted molar refractivity (Wildman–Crippen MR) is 76.3 cm³/mol. The van der Waals surface area contributed by atoms with Gasteiger partial charge in [0.25, 0.3) is 0 Å². The molecule has 19 heavy (non-hydrogen) atoms. The molecule has 0 saturated heterocycles. The van der Waals surface area contributed by atoms with Crippen molar-refractivity contribution in [3.05, 3.63) is 34.9 Å². The van der Waals surface area contributed by atoms with E-state index >= 15 is 0 Å². The Labute approximate surface area is 122 Å². The maximum Gasteiger partial charge on any atom is 0.356 e. The second kappa shape index (κ2) is 7.41. The molecule has 0 aliphatic heterocycles. The first-order chi connectivity index (χ1) is 8.94. The number of carbonyl (C=O) groups is 1. The SMILES string of the molecule is CCOP(=O)(OCC)[C@H](Cl)C(=O)c1ccc(Cl)cc1. The molecular weight excluding hydrogens is 310 g/mol. The van der Waals surface area contributed by atoms with E-state index < -0.39 is 18.5 Å². The summed E-state index contributed by atoms with van der Waals surface area (Å²) in [6.45, 7) is 3.60. The molecule has 4 nitrogen and oxygen atoms in total. The van der Waals surface area contributed by atoms with Gasteiger partial charge in [-0.25, -0.2) is 0 Å². The normalized spacial score (nSPS) is 13.3. The second-order valence-corrected chi connectivity index (χ2v) is 6.87. The van der Waals surface area contributed by atoms with Crippen molar-refractivity contribution in [1.29, 1.82) is 0 Å². The van der Waals surface area contributed by atoms with Gasteiger partial charge in [0, 0.05) is 10.6 Å². The minimum atomic E-state index is -3.66. The zero-order valence-corrected chi connectivity index (χ0v) is 13.0. The fraction of sp³-hybridized carbons (Fsp3) is 0.417. The van der Waals surface area contributed by atoms with Crippen LogP contribution in [0, 0.1) is 0 Å². The first-order valence-corrected chi connectivity index (χ1v) is 8.20. The van der Waals surface area contributed by atoms with E-state index in [4.69, 9.17) is 32.2 Å². The quantitative estimate of drug-likeness (QED) is 0.425. The van der Waals surface area contributed by atoms with E-state index in [2.05, 4.69) is 0 Å². The maximum absolute atomic E-state index is 12.4. The third-order valence-electron chi connectivity index (χ3n) is 2.24. The lowest BCUT2D eigenvalue weighted by atomic mass is 10.1. The van der Waals surface area contributed by atoms with Crippen LogP contribution < -0.4 is 0 Å². The molecular formula is C12H15Cl2O4P. The molecule has 106 valence electrons. The molecule has 0 bridgehead atoms. The van der Waals surface area contributed by atoms with Gasteiger partial charge in [0.15, 0.2) is 10.9 Å². The number of hydrogen-bond acceptors (Lipinski definition) is 4. The predicted octanol–water partition coefficient (Wildman–Crippen LogP) is 4.35. The molecule has 0 aliphatic carbocycles. The lowest BCUT2D eigenvalue weighted by Crippen LogP contribution is -2.18. The van der Waals surface area contributed by atoms with E-state index in [0.29, 0.717) is 10.6 Å². The molecule has 0 unspecified atom stereocenters. The highest BCUT2D eigenvalue weighted by atomic mass is 35.5. The maximum atomic E-state index is 12.4. The molecule has 1 rings (SSSR count). The number of Topliss-reactive ketones (excluding diaryl/α,β-unsaturated/α-hetero) is 1. The van der Waals surface area contributed by atoms with E-state index in [0.717, 1.165) is 0 Å². The largest absolute Gasteiger partial charge is 0.356 e. The molecule has 0 N–H and O–H groups in total. The summed E-state index contributed by atoms with van der Waals surface area (Å²) in [6, 6.07) is 6.15. The zero-order valence-electron chi connectivity index (χ0n) is 10.6. The van der Waals surface area contributed by atoms with Crippen molar-refractivity contribution in [3.63, 3.8) is 0 Å². The minimum absolute atomic E-state index is 0.147. The van der Waals surface area contributed by atoms with Crippen LogP contribution in [0.5, 0.6) is 0 Å². The van der Waals surface area contributed by atoms with Crippen LogP contribution >= 0.6 is 30.8 Å². The molecule has 0 spiro atoms. The van der Waals surface area contributed by atoms with Gasteiger partial charge in [0.05, 0.1) is 13.2 Å². The van der Waals surface area contributed by atoms with Gasteiger partial charge in [0.1, 0.15) is 0 Å². The van der Waals surface area contributed by atoms with Crippen LogP contribution in [0.25, 0.3) is 0 Å². The summed E-state index contributed by atoms with van der Waals surface area (Å²) in [5.74, 6) is -0.511. The summed E-state index contributed by atoms with van der Waals surface area (Å²) in [4.78, 5) is 12.1. The van der Waals surface area contributed by atoms with Gasteiger partial charge in [0.2, 0.25) is 0 Å². The van der Waals surface area contributed by atoms with Crippen molar-refractivity contribution < 1.29 is 18.4 Å². The van der Waals surface area contributed by atoms with Crippen LogP contribution in [0.1, 0.15) is 24.2 Å². The fourth-order valence-corrected chi connectivity index (χ4v) is 3.51. The minimum Gasteiger partial charge on any atom is -0.308 e. The van der Waals surface area contributed by atoms with E-state index in [1.54, 1.807) is 26.0 Å². The van der Waals surface area contributed by atoms with E-state index in [1.165, 1.54) is 12.1 Å². The molecule has 0 saturated carbocycles. The molecule has 0 heterocycles. The van der Waals surface area contributed by atoms with E-state index in [9.17, 15) is 9.36 Å². The Hall–Kier alpha value is -0.380. The average Bonchev–Trinajstić information content (AvgIpc) is 2.38. The van der Waals surface area contributed by atoms with Gasteiger partial charge < -0.3 is 9.05 Å².